The Balaban J connectivity index is 1.96. The van der Waals surface area contributed by atoms with Crippen molar-refractivity contribution in [2.45, 2.75) is 90.3 Å². The zero-order chi connectivity index (χ0) is 16.2. The van der Waals surface area contributed by atoms with Crippen molar-refractivity contribution in [2.75, 3.05) is 0 Å². The normalized spacial score (nSPS) is 23.6. The number of aliphatic hydroxyl groups is 1. The van der Waals surface area contributed by atoms with Crippen LogP contribution >= 0.6 is 0 Å². The quantitative estimate of drug-likeness (QED) is 0.260. The molecule has 0 aromatic heterocycles. The van der Waals surface area contributed by atoms with Crippen molar-refractivity contribution in [1.29, 1.82) is 0 Å². The summed E-state index contributed by atoms with van der Waals surface area (Å²) in [5, 5.41) is 9.79. The van der Waals surface area contributed by atoms with Crippen LogP contribution in [-0.4, -0.2) is 23.3 Å². The highest BCUT2D eigenvalue weighted by Gasteiger charge is 2.34. The lowest BCUT2D eigenvalue weighted by Crippen LogP contribution is -2.17. The molecule has 1 rings (SSSR count). The van der Waals surface area contributed by atoms with Gasteiger partial charge in [0.05, 0.1) is 5.57 Å². The second-order valence-corrected chi connectivity index (χ2v) is 6.15. The van der Waals surface area contributed by atoms with Crippen LogP contribution in [0.1, 0.15) is 78.1 Å². The molecule has 0 unspecified atom stereocenters. The van der Waals surface area contributed by atoms with Gasteiger partial charge in [0.2, 0.25) is 0 Å². The average molecular weight is 308 g/mol. The minimum atomic E-state index is -0.741. The third-order valence-electron chi connectivity index (χ3n) is 4.13. The molecule has 1 aliphatic heterocycles. The van der Waals surface area contributed by atoms with Crippen molar-refractivity contribution >= 4 is 5.97 Å². The highest BCUT2D eigenvalue weighted by Crippen LogP contribution is 2.22. The summed E-state index contributed by atoms with van der Waals surface area (Å²) in [7, 11) is 0. The van der Waals surface area contributed by atoms with Crippen LogP contribution in [-0.2, 0) is 9.53 Å². The molecule has 3 heteroatoms. The van der Waals surface area contributed by atoms with E-state index < -0.39 is 12.2 Å². The first-order valence-corrected chi connectivity index (χ1v) is 8.91. The molecule has 1 heterocycles. The number of carbonyl (C=O) groups excluding carboxylic acids is 1. The Kier molecular flexibility index (Phi) is 9.89. The molecule has 0 aromatic carbocycles. The number of cyclic esters (lactones) is 1. The van der Waals surface area contributed by atoms with Crippen LogP contribution < -0.4 is 0 Å². The van der Waals surface area contributed by atoms with Crippen molar-refractivity contribution in [1.82, 2.24) is 0 Å². The maximum Gasteiger partial charge on any atom is 0.336 e. The Labute approximate surface area is 135 Å². The number of hydrogen-bond donors (Lipinski definition) is 1. The summed E-state index contributed by atoms with van der Waals surface area (Å²) in [5.41, 5.74) is 0.452. The van der Waals surface area contributed by atoms with E-state index in [9.17, 15) is 9.90 Å². The highest BCUT2D eigenvalue weighted by molar-refractivity contribution is 5.92. The number of aliphatic hydroxyl groups excluding tert-OH is 1. The Bertz CT molecular complexity index is 371. The SMILES string of the molecule is CC/C=C/CCCCCCCCC/C=C1\C(=O)O[C@H](C)[C@H]1O. The van der Waals surface area contributed by atoms with Crippen LogP contribution in [0.15, 0.2) is 23.8 Å². The molecule has 0 aromatic rings. The van der Waals surface area contributed by atoms with Gasteiger partial charge in [-0.05, 0) is 39.0 Å². The molecular weight excluding hydrogens is 276 g/mol. The van der Waals surface area contributed by atoms with Crippen molar-refractivity contribution < 1.29 is 14.6 Å². The number of ether oxygens (including phenoxy) is 1. The summed E-state index contributed by atoms with van der Waals surface area (Å²) in [6.07, 6.45) is 17.3. The monoisotopic (exact) mass is 308 g/mol. The molecule has 3 nitrogen and oxygen atoms in total. The number of esters is 1. The predicted molar refractivity (Wildman–Crippen MR) is 90.6 cm³/mol. The average Bonchev–Trinajstić information content (AvgIpc) is 2.74. The number of allylic oxidation sites excluding steroid dienone is 3. The summed E-state index contributed by atoms with van der Waals surface area (Å²) in [5.74, 6) is -0.350. The largest absolute Gasteiger partial charge is 0.456 e. The van der Waals surface area contributed by atoms with E-state index >= 15 is 0 Å². The van der Waals surface area contributed by atoms with Gasteiger partial charge in [0.25, 0.3) is 0 Å². The summed E-state index contributed by atoms with van der Waals surface area (Å²) in [6.45, 7) is 3.89. The van der Waals surface area contributed by atoms with Gasteiger partial charge in [-0.25, -0.2) is 4.79 Å². The van der Waals surface area contributed by atoms with Gasteiger partial charge in [-0.1, -0.05) is 57.3 Å². The van der Waals surface area contributed by atoms with Gasteiger partial charge in [0.1, 0.15) is 12.2 Å². The minimum Gasteiger partial charge on any atom is -0.456 e. The molecule has 1 saturated heterocycles. The number of hydrogen-bond acceptors (Lipinski definition) is 3. The van der Waals surface area contributed by atoms with Crippen molar-refractivity contribution in [3.8, 4) is 0 Å². The predicted octanol–water partition coefficient (Wildman–Crippen LogP) is 4.70. The molecule has 1 aliphatic rings. The lowest BCUT2D eigenvalue weighted by Gasteiger charge is -2.04. The first-order valence-electron chi connectivity index (χ1n) is 8.91. The Morgan fingerprint density at radius 1 is 1.00 bits per heavy atom. The number of unbranched alkanes of at least 4 members (excludes halogenated alkanes) is 8. The molecule has 0 amide bonds. The summed E-state index contributed by atoms with van der Waals surface area (Å²) in [6, 6.07) is 0. The van der Waals surface area contributed by atoms with Gasteiger partial charge in [0, 0.05) is 0 Å². The summed E-state index contributed by atoms with van der Waals surface area (Å²) in [4.78, 5) is 11.5. The van der Waals surface area contributed by atoms with Crippen LogP contribution in [0.3, 0.4) is 0 Å². The molecular formula is C19H32O3. The molecule has 0 spiro atoms. The topological polar surface area (TPSA) is 46.5 Å². The maximum atomic E-state index is 11.5. The fraction of sp³-hybridized carbons (Fsp3) is 0.737. The molecule has 0 bridgehead atoms. The smallest absolute Gasteiger partial charge is 0.336 e. The lowest BCUT2D eigenvalue weighted by molar-refractivity contribution is -0.138. The standard InChI is InChI=1S/C19H32O3/c1-3-4-5-6-7-8-9-10-11-12-13-14-15-17-18(20)16(2)22-19(17)21/h4-5,15-16,18,20H,3,6-14H2,1-2H3/b5-4+,17-15-/t16-,18-/m1/s1. The minimum absolute atomic E-state index is 0.350. The van der Waals surface area contributed by atoms with E-state index in [-0.39, 0.29) is 5.97 Å². The van der Waals surface area contributed by atoms with Crippen LogP contribution in [0.5, 0.6) is 0 Å². The Hall–Kier alpha value is -1.09. The molecule has 0 radical (unpaired) electrons. The second-order valence-electron chi connectivity index (χ2n) is 6.15. The van der Waals surface area contributed by atoms with Gasteiger partial charge >= 0.3 is 5.97 Å². The molecule has 1 N–H and O–H groups in total. The molecule has 1 fully saturated rings. The van der Waals surface area contributed by atoms with Crippen LogP contribution in [0.25, 0.3) is 0 Å². The van der Waals surface area contributed by atoms with E-state index in [4.69, 9.17) is 4.74 Å². The van der Waals surface area contributed by atoms with E-state index in [1.54, 1.807) is 6.92 Å². The lowest BCUT2D eigenvalue weighted by atomic mass is 10.0. The van der Waals surface area contributed by atoms with Gasteiger partial charge < -0.3 is 9.84 Å². The van der Waals surface area contributed by atoms with Crippen LogP contribution in [0.4, 0.5) is 0 Å². The van der Waals surface area contributed by atoms with E-state index in [0.29, 0.717) is 5.57 Å². The zero-order valence-corrected chi connectivity index (χ0v) is 14.2. The molecule has 2 atom stereocenters. The van der Waals surface area contributed by atoms with Gasteiger partial charge in [-0.2, -0.15) is 0 Å². The van der Waals surface area contributed by atoms with E-state index in [0.717, 1.165) is 19.3 Å². The summed E-state index contributed by atoms with van der Waals surface area (Å²) < 4.78 is 4.98. The van der Waals surface area contributed by atoms with Crippen molar-refractivity contribution in [3.63, 3.8) is 0 Å². The Morgan fingerprint density at radius 2 is 1.59 bits per heavy atom. The van der Waals surface area contributed by atoms with E-state index in [1.807, 2.05) is 6.08 Å². The van der Waals surface area contributed by atoms with Crippen molar-refractivity contribution in [3.05, 3.63) is 23.8 Å². The maximum absolute atomic E-state index is 11.5. The number of carbonyl (C=O) groups is 1. The third kappa shape index (κ3) is 7.26. The molecule has 0 aliphatic carbocycles. The van der Waals surface area contributed by atoms with E-state index in [2.05, 4.69) is 19.1 Å². The molecule has 22 heavy (non-hydrogen) atoms. The van der Waals surface area contributed by atoms with E-state index in [1.165, 1.54) is 44.9 Å². The third-order valence-corrected chi connectivity index (χ3v) is 4.13. The first-order chi connectivity index (χ1) is 10.7. The number of rotatable bonds is 11. The highest BCUT2D eigenvalue weighted by atomic mass is 16.6. The van der Waals surface area contributed by atoms with Gasteiger partial charge in [-0.3, -0.25) is 0 Å². The molecule has 0 saturated carbocycles. The fourth-order valence-corrected chi connectivity index (χ4v) is 2.71. The van der Waals surface area contributed by atoms with Gasteiger partial charge in [0.15, 0.2) is 0 Å². The Morgan fingerprint density at radius 3 is 2.14 bits per heavy atom. The second kappa shape index (κ2) is 11.5. The van der Waals surface area contributed by atoms with Crippen LogP contribution in [0, 0.1) is 0 Å². The van der Waals surface area contributed by atoms with Crippen molar-refractivity contribution in [2.24, 2.45) is 0 Å². The van der Waals surface area contributed by atoms with Crippen LogP contribution in [0.2, 0.25) is 0 Å². The molecule has 126 valence electrons. The zero-order valence-electron chi connectivity index (χ0n) is 14.2. The summed E-state index contributed by atoms with van der Waals surface area (Å²) >= 11 is 0. The first kappa shape index (κ1) is 19.0. The fourth-order valence-electron chi connectivity index (χ4n) is 2.71. The van der Waals surface area contributed by atoms with Gasteiger partial charge in [-0.15, -0.1) is 0 Å².